The van der Waals surface area contributed by atoms with Crippen LogP contribution in [0.25, 0.3) is 0 Å². The second-order valence-electron chi connectivity index (χ2n) is 7.73. The molecule has 1 aliphatic rings. The van der Waals surface area contributed by atoms with Gasteiger partial charge >= 0.3 is 0 Å². The lowest BCUT2D eigenvalue weighted by Crippen LogP contribution is -2.48. The van der Waals surface area contributed by atoms with Crippen molar-refractivity contribution in [1.29, 1.82) is 0 Å². The number of piperazine rings is 1. The number of aryl methyl sites for hydroxylation is 1. The first-order valence-electron chi connectivity index (χ1n) is 10.6. The molecule has 0 saturated carbocycles. The van der Waals surface area contributed by atoms with Crippen LogP contribution in [0.15, 0.2) is 85.2 Å². The predicted molar refractivity (Wildman–Crippen MR) is 116 cm³/mol. The fourth-order valence-corrected chi connectivity index (χ4v) is 4.28. The maximum atomic E-state index is 2.65. The molecule has 28 heavy (non-hydrogen) atoms. The largest absolute Gasteiger partial charge is 0.354 e. The standard InChI is InChI=1S/C25H31N3/c1-3-11-23(12-4-1)25(24-13-5-2-6-14-24)28-21-19-27(20-22-28)18-10-9-17-26-15-7-8-16-26/h1-8,11-16,25H,9-10,17-22H2. The molecule has 4 rings (SSSR count). The number of unbranched alkanes of at least 4 members (excludes halogenated alkanes) is 1. The van der Waals surface area contributed by atoms with E-state index in [1.54, 1.807) is 0 Å². The highest BCUT2D eigenvalue weighted by molar-refractivity contribution is 5.31. The molecule has 0 atom stereocenters. The third-order valence-corrected chi connectivity index (χ3v) is 5.81. The predicted octanol–water partition coefficient (Wildman–Crippen LogP) is 4.68. The van der Waals surface area contributed by atoms with Crippen molar-refractivity contribution in [2.24, 2.45) is 0 Å². The van der Waals surface area contributed by atoms with E-state index in [9.17, 15) is 0 Å². The topological polar surface area (TPSA) is 11.4 Å². The Morgan fingerprint density at radius 3 is 1.71 bits per heavy atom. The summed E-state index contributed by atoms with van der Waals surface area (Å²) in [5, 5.41) is 0. The van der Waals surface area contributed by atoms with Gasteiger partial charge < -0.3 is 9.47 Å². The van der Waals surface area contributed by atoms with Gasteiger partial charge in [-0.15, -0.1) is 0 Å². The number of rotatable bonds is 8. The average molecular weight is 374 g/mol. The van der Waals surface area contributed by atoms with Crippen molar-refractivity contribution >= 4 is 0 Å². The highest BCUT2D eigenvalue weighted by atomic mass is 15.3. The summed E-state index contributed by atoms with van der Waals surface area (Å²) >= 11 is 0. The van der Waals surface area contributed by atoms with E-state index in [2.05, 4.69) is 99.6 Å². The molecule has 1 saturated heterocycles. The van der Waals surface area contributed by atoms with Gasteiger partial charge in [0.05, 0.1) is 6.04 Å². The van der Waals surface area contributed by atoms with E-state index >= 15 is 0 Å². The van der Waals surface area contributed by atoms with Crippen molar-refractivity contribution in [2.75, 3.05) is 32.7 Å². The molecule has 3 heteroatoms. The highest BCUT2D eigenvalue weighted by Crippen LogP contribution is 2.29. The van der Waals surface area contributed by atoms with E-state index in [1.807, 2.05) is 0 Å². The summed E-state index contributed by atoms with van der Waals surface area (Å²) in [7, 11) is 0. The van der Waals surface area contributed by atoms with Gasteiger partial charge in [0.25, 0.3) is 0 Å². The number of benzene rings is 2. The van der Waals surface area contributed by atoms with Crippen LogP contribution in [-0.2, 0) is 6.54 Å². The number of hydrogen-bond donors (Lipinski definition) is 0. The van der Waals surface area contributed by atoms with Gasteiger partial charge in [-0.1, -0.05) is 60.7 Å². The van der Waals surface area contributed by atoms with E-state index < -0.39 is 0 Å². The lowest BCUT2D eigenvalue weighted by molar-refractivity contribution is 0.108. The molecule has 0 N–H and O–H groups in total. The van der Waals surface area contributed by atoms with E-state index in [1.165, 1.54) is 43.6 Å². The fourth-order valence-electron chi connectivity index (χ4n) is 4.28. The lowest BCUT2D eigenvalue weighted by atomic mass is 9.96. The Morgan fingerprint density at radius 2 is 1.14 bits per heavy atom. The van der Waals surface area contributed by atoms with Crippen LogP contribution in [0.1, 0.15) is 30.0 Å². The summed E-state index contributed by atoms with van der Waals surface area (Å²) in [6.07, 6.45) is 6.85. The van der Waals surface area contributed by atoms with Gasteiger partial charge in [-0.25, -0.2) is 0 Å². The number of hydrogen-bond acceptors (Lipinski definition) is 2. The molecule has 1 aromatic heterocycles. The minimum atomic E-state index is 0.360. The Balaban J connectivity index is 1.32. The molecule has 0 aliphatic carbocycles. The molecule has 0 bridgehead atoms. The lowest BCUT2D eigenvalue weighted by Gasteiger charge is -2.39. The van der Waals surface area contributed by atoms with Crippen LogP contribution in [-0.4, -0.2) is 47.1 Å². The average Bonchev–Trinajstić information content (AvgIpc) is 3.28. The van der Waals surface area contributed by atoms with Gasteiger partial charge in [-0.3, -0.25) is 4.90 Å². The van der Waals surface area contributed by atoms with Gasteiger partial charge in [-0.2, -0.15) is 0 Å². The SMILES string of the molecule is c1ccc(C(c2ccccc2)N2CCN(CCCCn3cccc3)CC2)cc1. The van der Waals surface area contributed by atoms with E-state index in [0.29, 0.717) is 6.04 Å². The van der Waals surface area contributed by atoms with Crippen molar-refractivity contribution in [2.45, 2.75) is 25.4 Å². The Bertz CT molecular complexity index is 751. The first-order valence-corrected chi connectivity index (χ1v) is 10.6. The smallest absolute Gasteiger partial charge is 0.0602 e. The van der Waals surface area contributed by atoms with Crippen LogP contribution in [0.2, 0.25) is 0 Å². The Labute approximate surface area is 169 Å². The Hall–Kier alpha value is -2.36. The molecule has 1 aliphatic heterocycles. The zero-order chi connectivity index (χ0) is 19.0. The summed E-state index contributed by atoms with van der Waals surface area (Å²) in [6, 6.07) is 26.5. The fraction of sp³-hybridized carbons (Fsp3) is 0.360. The number of nitrogens with zero attached hydrogens (tertiary/aromatic N) is 3. The van der Waals surface area contributed by atoms with Crippen LogP contribution in [0.3, 0.4) is 0 Å². The molecule has 0 amide bonds. The first-order chi connectivity index (χ1) is 13.9. The molecule has 3 aromatic rings. The number of aromatic nitrogens is 1. The van der Waals surface area contributed by atoms with E-state index in [-0.39, 0.29) is 0 Å². The molecule has 2 aromatic carbocycles. The van der Waals surface area contributed by atoms with Gasteiger partial charge in [0.1, 0.15) is 0 Å². The summed E-state index contributed by atoms with van der Waals surface area (Å²) in [5.74, 6) is 0. The van der Waals surface area contributed by atoms with E-state index in [4.69, 9.17) is 0 Å². The van der Waals surface area contributed by atoms with Crippen LogP contribution in [0.4, 0.5) is 0 Å². The first kappa shape index (κ1) is 19.0. The summed E-state index contributed by atoms with van der Waals surface area (Å²) in [6.45, 7) is 6.95. The van der Waals surface area contributed by atoms with Crippen molar-refractivity contribution in [3.05, 3.63) is 96.3 Å². The van der Waals surface area contributed by atoms with Gasteiger partial charge in [0.15, 0.2) is 0 Å². The Kier molecular flexibility index (Phi) is 6.59. The second-order valence-corrected chi connectivity index (χ2v) is 7.73. The molecule has 0 spiro atoms. The maximum absolute atomic E-state index is 2.65. The molecule has 2 heterocycles. The molecule has 146 valence electrons. The van der Waals surface area contributed by atoms with Gasteiger partial charge in [0, 0.05) is 45.1 Å². The zero-order valence-corrected chi connectivity index (χ0v) is 16.7. The third-order valence-electron chi connectivity index (χ3n) is 5.81. The molecule has 3 nitrogen and oxygen atoms in total. The zero-order valence-electron chi connectivity index (χ0n) is 16.7. The van der Waals surface area contributed by atoms with Gasteiger partial charge in [-0.05, 0) is 42.6 Å². The highest BCUT2D eigenvalue weighted by Gasteiger charge is 2.25. The minimum Gasteiger partial charge on any atom is -0.354 e. The normalized spacial score (nSPS) is 15.9. The molecule has 0 radical (unpaired) electrons. The van der Waals surface area contributed by atoms with Crippen LogP contribution in [0.5, 0.6) is 0 Å². The molecular formula is C25H31N3. The maximum Gasteiger partial charge on any atom is 0.0602 e. The molecule has 0 unspecified atom stereocenters. The van der Waals surface area contributed by atoms with Crippen molar-refractivity contribution in [3.63, 3.8) is 0 Å². The van der Waals surface area contributed by atoms with Crippen LogP contribution < -0.4 is 0 Å². The van der Waals surface area contributed by atoms with Crippen LogP contribution in [0, 0.1) is 0 Å². The summed E-state index contributed by atoms with van der Waals surface area (Å²) in [5.41, 5.74) is 2.79. The third kappa shape index (κ3) is 4.92. The Morgan fingerprint density at radius 1 is 0.607 bits per heavy atom. The molecule has 1 fully saturated rings. The minimum absolute atomic E-state index is 0.360. The van der Waals surface area contributed by atoms with Crippen molar-refractivity contribution in [1.82, 2.24) is 14.4 Å². The summed E-state index contributed by atoms with van der Waals surface area (Å²) < 4.78 is 2.28. The van der Waals surface area contributed by atoms with Crippen molar-refractivity contribution < 1.29 is 0 Å². The monoisotopic (exact) mass is 373 g/mol. The van der Waals surface area contributed by atoms with E-state index in [0.717, 1.165) is 19.6 Å². The second kappa shape index (κ2) is 9.72. The molecular weight excluding hydrogens is 342 g/mol. The summed E-state index contributed by atoms with van der Waals surface area (Å²) in [4.78, 5) is 5.29. The van der Waals surface area contributed by atoms with Crippen LogP contribution >= 0.6 is 0 Å². The quantitative estimate of drug-likeness (QED) is 0.531. The van der Waals surface area contributed by atoms with Gasteiger partial charge in [0.2, 0.25) is 0 Å². The van der Waals surface area contributed by atoms with Crippen molar-refractivity contribution in [3.8, 4) is 0 Å².